The predicted molar refractivity (Wildman–Crippen MR) is 173 cm³/mol. The van der Waals surface area contributed by atoms with Crippen molar-refractivity contribution in [3.05, 3.63) is 94.5 Å². The minimum absolute atomic E-state index is 0.0461. The molecule has 0 aliphatic rings. The van der Waals surface area contributed by atoms with Gasteiger partial charge in [0.1, 0.15) is 11.8 Å². The maximum Gasteiger partial charge on any atom is 0.243 e. The van der Waals surface area contributed by atoms with Crippen molar-refractivity contribution in [2.24, 2.45) is 5.92 Å². The Morgan fingerprint density at radius 1 is 0.977 bits per heavy atom. The van der Waals surface area contributed by atoms with Crippen LogP contribution in [0.2, 0.25) is 5.02 Å². The maximum absolute atomic E-state index is 13.9. The molecule has 0 fully saturated rings. The van der Waals surface area contributed by atoms with Gasteiger partial charge in [-0.15, -0.1) is 0 Å². The fourth-order valence-electron chi connectivity index (χ4n) is 4.68. The van der Waals surface area contributed by atoms with E-state index in [2.05, 4.69) is 5.32 Å². The first-order valence-corrected chi connectivity index (χ1v) is 16.6. The zero-order valence-electron chi connectivity index (χ0n) is 25.5. The van der Waals surface area contributed by atoms with E-state index in [1.807, 2.05) is 75.4 Å². The van der Waals surface area contributed by atoms with E-state index in [1.165, 1.54) is 17.5 Å². The standard InChI is InChI=1S/C33H42ClN3O5S/c1-24(2)22-35-33(39)30(20-26-10-7-6-8-11-26)36(23-27-15-13-25(3)14-16-27)32(38)12-9-19-37(43(5,40)41)28-17-18-31(42-4)29(34)21-28/h6-8,10-11,13-18,21,24,30H,9,12,19-20,22-23H2,1-5H3,(H,35,39). The zero-order valence-corrected chi connectivity index (χ0v) is 27.1. The highest BCUT2D eigenvalue weighted by molar-refractivity contribution is 7.92. The zero-order chi connectivity index (χ0) is 31.6. The molecule has 2 amide bonds. The average molecular weight is 628 g/mol. The maximum atomic E-state index is 13.9. The molecular weight excluding hydrogens is 586 g/mol. The van der Waals surface area contributed by atoms with Gasteiger partial charge in [-0.1, -0.05) is 85.6 Å². The van der Waals surface area contributed by atoms with Crippen molar-refractivity contribution in [1.29, 1.82) is 0 Å². The number of amides is 2. The van der Waals surface area contributed by atoms with Gasteiger partial charge in [-0.3, -0.25) is 13.9 Å². The summed E-state index contributed by atoms with van der Waals surface area (Å²) in [7, 11) is -2.18. The topological polar surface area (TPSA) is 96.0 Å². The molecule has 0 aromatic heterocycles. The average Bonchev–Trinajstić information content (AvgIpc) is 2.96. The number of methoxy groups -OCH3 is 1. The minimum atomic E-state index is -3.67. The van der Waals surface area contributed by atoms with Crippen LogP contribution >= 0.6 is 11.6 Å². The number of benzene rings is 3. The summed E-state index contributed by atoms with van der Waals surface area (Å²) < 4.78 is 31.8. The largest absolute Gasteiger partial charge is 0.495 e. The Bertz CT molecular complexity index is 1460. The molecule has 0 bridgehead atoms. The van der Waals surface area contributed by atoms with E-state index >= 15 is 0 Å². The second-order valence-corrected chi connectivity index (χ2v) is 13.4. The Hall–Kier alpha value is -3.56. The summed E-state index contributed by atoms with van der Waals surface area (Å²) in [5.41, 5.74) is 3.32. The number of hydrogen-bond acceptors (Lipinski definition) is 5. The Balaban J connectivity index is 1.88. The number of hydrogen-bond donors (Lipinski definition) is 1. The molecule has 0 aliphatic heterocycles. The normalized spacial score (nSPS) is 12.1. The molecule has 3 rings (SSSR count). The van der Waals surface area contributed by atoms with E-state index in [4.69, 9.17) is 16.3 Å². The van der Waals surface area contributed by atoms with Gasteiger partial charge in [-0.05, 0) is 48.6 Å². The van der Waals surface area contributed by atoms with Crippen LogP contribution in [0.3, 0.4) is 0 Å². The summed E-state index contributed by atoms with van der Waals surface area (Å²) in [6, 6.07) is 21.5. The number of aryl methyl sites for hydroxylation is 1. The lowest BCUT2D eigenvalue weighted by molar-refractivity contribution is -0.141. The summed E-state index contributed by atoms with van der Waals surface area (Å²) in [5, 5.41) is 3.30. The molecule has 1 N–H and O–H groups in total. The van der Waals surface area contributed by atoms with Gasteiger partial charge in [0.2, 0.25) is 21.8 Å². The van der Waals surface area contributed by atoms with Crippen molar-refractivity contribution in [3.8, 4) is 5.75 Å². The third kappa shape index (κ3) is 10.3. The minimum Gasteiger partial charge on any atom is -0.495 e. The molecule has 232 valence electrons. The van der Waals surface area contributed by atoms with Gasteiger partial charge in [0, 0.05) is 32.5 Å². The lowest BCUT2D eigenvalue weighted by Crippen LogP contribution is -2.51. The number of carbonyl (C=O) groups excluding carboxylic acids is 2. The fourth-order valence-corrected chi connectivity index (χ4v) is 5.89. The molecule has 0 spiro atoms. The van der Waals surface area contributed by atoms with Gasteiger partial charge in [0.15, 0.2) is 0 Å². The second-order valence-electron chi connectivity index (χ2n) is 11.1. The van der Waals surface area contributed by atoms with Crippen LogP contribution in [-0.4, -0.2) is 57.6 Å². The van der Waals surface area contributed by atoms with Crippen LogP contribution in [0.15, 0.2) is 72.8 Å². The molecule has 10 heteroatoms. The SMILES string of the molecule is COc1ccc(N(CCCC(=O)N(Cc2ccc(C)cc2)C(Cc2ccccc2)C(=O)NCC(C)C)S(C)(=O)=O)cc1Cl. The number of ether oxygens (including phenoxy) is 1. The number of rotatable bonds is 15. The molecule has 8 nitrogen and oxygen atoms in total. The molecule has 0 heterocycles. The molecule has 3 aromatic rings. The summed E-state index contributed by atoms with van der Waals surface area (Å²) in [6.45, 7) is 6.83. The Labute approximate surface area is 261 Å². The van der Waals surface area contributed by atoms with Gasteiger partial charge in [0.05, 0.1) is 24.1 Å². The number of halogens is 1. The van der Waals surface area contributed by atoms with Crippen molar-refractivity contribution < 1.29 is 22.7 Å². The van der Waals surface area contributed by atoms with E-state index < -0.39 is 16.1 Å². The molecule has 1 unspecified atom stereocenters. The van der Waals surface area contributed by atoms with Gasteiger partial charge >= 0.3 is 0 Å². The first-order chi connectivity index (χ1) is 20.4. The monoisotopic (exact) mass is 627 g/mol. The first-order valence-electron chi connectivity index (χ1n) is 14.4. The smallest absolute Gasteiger partial charge is 0.243 e. The quantitative estimate of drug-likeness (QED) is 0.236. The lowest BCUT2D eigenvalue weighted by Gasteiger charge is -2.32. The third-order valence-corrected chi connectivity index (χ3v) is 8.49. The summed E-state index contributed by atoms with van der Waals surface area (Å²) >= 11 is 6.27. The van der Waals surface area contributed by atoms with Crippen LogP contribution in [0, 0.1) is 12.8 Å². The van der Waals surface area contributed by atoms with E-state index in [0.717, 1.165) is 22.9 Å². The van der Waals surface area contributed by atoms with Crippen molar-refractivity contribution in [3.63, 3.8) is 0 Å². The van der Waals surface area contributed by atoms with Crippen LogP contribution in [-0.2, 0) is 32.6 Å². The van der Waals surface area contributed by atoms with E-state index in [9.17, 15) is 18.0 Å². The van der Waals surface area contributed by atoms with E-state index in [0.29, 0.717) is 24.4 Å². The van der Waals surface area contributed by atoms with Gasteiger partial charge < -0.3 is 15.0 Å². The Kier molecular flexibility index (Phi) is 12.5. The van der Waals surface area contributed by atoms with Crippen LogP contribution in [0.1, 0.15) is 43.4 Å². The van der Waals surface area contributed by atoms with E-state index in [-0.39, 0.29) is 48.7 Å². The van der Waals surface area contributed by atoms with Crippen LogP contribution in [0.5, 0.6) is 5.75 Å². The molecule has 3 aromatic carbocycles. The molecule has 0 saturated heterocycles. The lowest BCUT2D eigenvalue weighted by atomic mass is 10.0. The van der Waals surface area contributed by atoms with Crippen molar-refractivity contribution in [2.45, 2.75) is 52.6 Å². The highest BCUT2D eigenvalue weighted by atomic mass is 35.5. The van der Waals surface area contributed by atoms with Gasteiger partial charge in [0.25, 0.3) is 0 Å². The highest BCUT2D eigenvalue weighted by Gasteiger charge is 2.30. The Morgan fingerprint density at radius 2 is 1.65 bits per heavy atom. The van der Waals surface area contributed by atoms with Gasteiger partial charge in [-0.2, -0.15) is 0 Å². The van der Waals surface area contributed by atoms with Crippen molar-refractivity contribution in [1.82, 2.24) is 10.2 Å². The van der Waals surface area contributed by atoms with E-state index in [1.54, 1.807) is 17.0 Å². The van der Waals surface area contributed by atoms with Crippen LogP contribution in [0.25, 0.3) is 0 Å². The number of anilines is 1. The second kappa shape index (κ2) is 15.8. The summed E-state index contributed by atoms with van der Waals surface area (Å²) in [5.74, 6) is 0.225. The first kappa shape index (κ1) is 33.9. The van der Waals surface area contributed by atoms with Crippen molar-refractivity contribution in [2.75, 3.05) is 30.8 Å². The molecule has 43 heavy (non-hydrogen) atoms. The number of sulfonamides is 1. The predicted octanol–water partition coefficient (Wildman–Crippen LogP) is 5.62. The molecular formula is C33H42ClN3O5S. The third-order valence-electron chi connectivity index (χ3n) is 7.00. The van der Waals surface area contributed by atoms with Crippen molar-refractivity contribution >= 4 is 39.1 Å². The van der Waals surface area contributed by atoms with Crippen LogP contribution in [0.4, 0.5) is 5.69 Å². The Morgan fingerprint density at radius 3 is 2.23 bits per heavy atom. The number of nitrogens with one attached hydrogen (secondary N) is 1. The number of carbonyl (C=O) groups is 2. The molecule has 1 atom stereocenters. The number of nitrogens with zero attached hydrogens (tertiary/aromatic N) is 2. The summed E-state index contributed by atoms with van der Waals surface area (Å²) in [6.07, 6.45) is 1.75. The molecule has 0 aliphatic carbocycles. The molecule has 0 radical (unpaired) electrons. The fraction of sp³-hybridized carbons (Fsp3) is 0.394. The summed E-state index contributed by atoms with van der Waals surface area (Å²) in [4.78, 5) is 29.2. The highest BCUT2D eigenvalue weighted by Crippen LogP contribution is 2.30. The van der Waals surface area contributed by atoms with Gasteiger partial charge in [-0.25, -0.2) is 8.42 Å². The van der Waals surface area contributed by atoms with Crippen LogP contribution < -0.4 is 14.4 Å². The molecule has 0 saturated carbocycles.